The van der Waals surface area contributed by atoms with Crippen LogP contribution in [0.5, 0.6) is 0 Å². The van der Waals surface area contributed by atoms with Gasteiger partial charge >= 0.3 is 6.18 Å². The highest BCUT2D eigenvalue weighted by Crippen LogP contribution is 2.26. The van der Waals surface area contributed by atoms with Gasteiger partial charge in [0.2, 0.25) is 0 Å². The summed E-state index contributed by atoms with van der Waals surface area (Å²) < 4.78 is 36.2. The Hall–Kier alpha value is -1.24. The Morgan fingerprint density at radius 1 is 1.46 bits per heavy atom. The highest BCUT2D eigenvalue weighted by atomic mass is 19.4. The van der Waals surface area contributed by atoms with Crippen LogP contribution in [0.1, 0.15) is 11.5 Å². The van der Waals surface area contributed by atoms with E-state index in [1.165, 1.54) is 0 Å². The van der Waals surface area contributed by atoms with Gasteiger partial charge in [-0.3, -0.25) is 0 Å². The molecule has 1 aromatic rings. The van der Waals surface area contributed by atoms with E-state index in [1.54, 1.807) is 7.05 Å². The Kier molecular flexibility index (Phi) is 2.76. The third kappa shape index (κ3) is 2.62. The van der Waals surface area contributed by atoms with Crippen molar-refractivity contribution in [3.8, 4) is 0 Å². The van der Waals surface area contributed by atoms with E-state index in [9.17, 15) is 13.2 Å². The first kappa shape index (κ1) is 9.85. The lowest BCUT2D eigenvalue weighted by atomic mass is 10.4. The molecule has 1 rings (SSSR count). The van der Waals surface area contributed by atoms with Gasteiger partial charge in [-0.1, -0.05) is 0 Å². The summed E-state index contributed by atoms with van der Waals surface area (Å²) in [5.74, 6) is 0.0253. The summed E-state index contributed by atoms with van der Waals surface area (Å²) in [6.45, 7) is 0.164. The molecule has 0 aliphatic heterocycles. The van der Waals surface area contributed by atoms with Crippen LogP contribution in [0.4, 0.5) is 13.2 Å². The molecule has 0 amide bonds. The summed E-state index contributed by atoms with van der Waals surface area (Å²) in [5.41, 5.74) is -1.02. The summed E-state index contributed by atoms with van der Waals surface area (Å²) in [7, 11) is 1.59. The van der Waals surface area contributed by atoms with E-state index in [1.807, 2.05) is 0 Å². The Morgan fingerprint density at radius 3 is 2.69 bits per heavy atom. The van der Waals surface area contributed by atoms with Gasteiger partial charge in [0.15, 0.2) is 11.5 Å². The molecule has 0 aliphatic carbocycles. The smallest absolute Gasteiger partial charge is 0.313 e. The lowest BCUT2D eigenvalue weighted by molar-refractivity contribution is -0.141. The third-order valence-corrected chi connectivity index (χ3v) is 1.23. The quantitative estimate of drug-likeness (QED) is 0.745. The molecule has 72 valence electrons. The van der Waals surface area contributed by atoms with E-state index in [-0.39, 0.29) is 12.4 Å². The van der Waals surface area contributed by atoms with Crippen molar-refractivity contribution in [2.45, 2.75) is 12.7 Å². The molecule has 1 heterocycles. The summed E-state index contributed by atoms with van der Waals surface area (Å²) in [6, 6.07) is 0. The van der Waals surface area contributed by atoms with Crippen molar-refractivity contribution in [2.75, 3.05) is 7.05 Å². The molecule has 13 heavy (non-hydrogen) atoms. The first-order valence-electron chi connectivity index (χ1n) is 3.44. The van der Waals surface area contributed by atoms with Crippen molar-refractivity contribution in [2.24, 2.45) is 0 Å². The van der Waals surface area contributed by atoms with Gasteiger partial charge in [0, 0.05) is 0 Å². The lowest BCUT2D eigenvalue weighted by Gasteiger charge is -2.05. The molecule has 0 fully saturated rings. The standard InChI is InChI=1S/C6H7F3N4/c1-10-3-5-12-4(2-11-13-5)6(7,8)9/h2,10H,3H2,1H3. The van der Waals surface area contributed by atoms with Crippen molar-refractivity contribution in [3.05, 3.63) is 17.7 Å². The van der Waals surface area contributed by atoms with Gasteiger partial charge in [-0.15, -0.1) is 5.10 Å². The monoisotopic (exact) mass is 192 g/mol. The van der Waals surface area contributed by atoms with Crippen LogP contribution in [-0.4, -0.2) is 22.2 Å². The van der Waals surface area contributed by atoms with E-state index in [0.717, 1.165) is 0 Å². The van der Waals surface area contributed by atoms with E-state index in [2.05, 4.69) is 20.5 Å². The molecule has 0 aromatic carbocycles. The minimum absolute atomic E-state index is 0.0253. The predicted octanol–water partition coefficient (Wildman–Crippen LogP) is 0.610. The van der Waals surface area contributed by atoms with E-state index in [0.29, 0.717) is 6.20 Å². The maximum absolute atomic E-state index is 12.1. The normalized spacial score (nSPS) is 11.7. The average Bonchev–Trinajstić information content (AvgIpc) is 2.04. The average molecular weight is 192 g/mol. The zero-order valence-electron chi connectivity index (χ0n) is 6.76. The molecule has 7 heteroatoms. The number of nitrogens with one attached hydrogen (secondary N) is 1. The van der Waals surface area contributed by atoms with Crippen molar-refractivity contribution < 1.29 is 13.2 Å². The molecule has 4 nitrogen and oxygen atoms in total. The van der Waals surface area contributed by atoms with Crippen molar-refractivity contribution in [1.82, 2.24) is 20.5 Å². The molecule has 1 N–H and O–H groups in total. The fourth-order valence-electron chi connectivity index (χ4n) is 0.710. The van der Waals surface area contributed by atoms with Gasteiger partial charge in [0.1, 0.15) is 0 Å². The number of rotatable bonds is 2. The maximum Gasteiger partial charge on any atom is 0.435 e. The minimum atomic E-state index is -4.46. The van der Waals surface area contributed by atoms with E-state index in [4.69, 9.17) is 0 Å². The highest BCUT2D eigenvalue weighted by molar-refractivity contribution is 5.00. The molecule has 0 spiro atoms. The third-order valence-electron chi connectivity index (χ3n) is 1.23. The van der Waals surface area contributed by atoms with Gasteiger partial charge in [-0.25, -0.2) is 4.98 Å². The summed E-state index contributed by atoms with van der Waals surface area (Å²) in [5, 5.41) is 9.25. The lowest BCUT2D eigenvalue weighted by Crippen LogP contribution is -2.15. The zero-order valence-corrected chi connectivity index (χ0v) is 6.76. The molecule has 0 atom stereocenters. The van der Waals surface area contributed by atoms with Crippen LogP contribution < -0.4 is 5.32 Å². The van der Waals surface area contributed by atoms with Gasteiger partial charge in [-0.2, -0.15) is 18.3 Å². The fourth-order valence-corrected chi connectivity index (χ4v) is 0.710. The fraction of sp³-hybridized carbons (Fsp3) is 0.500. The maximum atomic E-state index is 12.1. The Bertz CT molecular complexity index is 285. The molecule has 1 aromatic heterocycles. The topological polar surface area (TPSA) is 50.7 Å². The Balaban J connectivity index is 2.92. The summed E-state index contributed by atoms with van der Waals surface area (Å²) in [4.78, 5) is 3.27. The Morgan fingerprint density at radius 2 is 2.15 bits per heavy atom. The molecular formula is C6H7F3N4. The van der Waals surface area contributed by atoms with E-state index >= 15 is 0 Å². The van der Waals surface area contributed by atoms with Crippen molar-refractivity contribution in [1.29, 1.82) is 0 Å². The number of hydrogen-bond donors (Lipinski definition) is 1. The molecule has 0 saturated heterocycles. The zero-order chi connectivity index (χ0) is 9.90. The second-order valence-electron chi connectivity index (χ2n) is 2.29. The van der Waals surface area contributed by atoms with Gasteiger partial charge < -0.3 is 5.32 Å². The van der Waals surface area contributed by atoms with Gasteiger partial charge in [-0.05, 0) is 7.05 Å². The molecular weight excluding hydrogens is 185 g/mol. The second kappa shape index (κ2) is 3.65. The molecule has 0 aliphatic rings. The SMILES string of the molecule is CNCc1nncc(C(F)(F)F)n1. The molecule has 0 bridgehead atoms. The van der Waals surface area contributed by atoms with Crippen LogP contribution in [0.3, 0.4) is 0 Å². The highest BCUT2D eigenvalue weighted by Gasteiger charge is 2.33. The minimum Gasteiger partial charge on any atom is -0.313 e. The number of hydrogen-bond acceptors (Lipinski definition) is 4. The van der Waals surface area contributed by atoms with Crippen LogP contribution in [0.2, 0.25) is 0 Å². The first-order valence-corrected chi connectivity index (χ1v) is 3.44. The molecule has 0 unspecified atom stereocenters. The van der Waals surface area contributed by atoms with Crippen LogP contribution in [0.15, 0.2) is 6.20 Å². The summed E-state index contributed by atoms with van der Waals surface area (Å²) >= 11 is 0. The van der Waals surface area contributed by atoms with E-state index < -0.39 is 11.9 Å². The molecule has 0 saturated carbocycles. The van der Waals surface area contributed by atoms with Crippen LogP contribution >= 0.6 is 0 Å². The van der Waals surface area contributed by atoms with Crippen molar-refractivity contribution >= 4 is 0 Å². The van der Waals surface area contributed by atoms with Crippen LogP contribution in [0.25, 0.3) is 0 Å². The summed E-state index contributed by atoms with van der Waals surface area (Å²) in [6.07, 6.45) is -3.86. The number of aromatic nitrogens is 3. The van der Waals surface area contributed by atoms with Gasteiger partial charge in [0.25, 0.3) is 0 Å². The largest absolute Gasteiger partial charge is 0.435 e. The second-order valence-corrected chi connectivity index (χ2v) is 2.29. The van der Waals surface area contributed by atoms with Crippen LogP contribution in [-0.2, 0) is 12.7 Å². The number of alkyl halides is 3. The van der Waals surface area contributed by atoms with Crippen molar-refractivity contribution in [3.63, 3.8) is 0 Å². The first-order chi connectivity index (χ1) is 6.04. The predicted molar refractivity (Wildman–Crippen MR) is 37.6 cm³/mol. The molecule has 0 radical (unpaired) electrons. The number of nitrogens with zero attached hydrogens (tertiary/aromatic N) is 3. The van der Waals surface area contributed by atoms with Gasteiger partial charge in [0.05, 0.1) is 12.7 Å². The Labute approximate surface area is 72.2 Å². The number of halogens is 3. The van der Waals surface area contributed by atoms with Crippen LogP contribution in [0, 0.1) is 0 Å².